The van der Waals surface area contributed by atoms with Gasteiger partial charge in [0.1, 0.15) is 5.82 Å². The van der Waals surface area contributed by atoms with Crippen molar-refractivity contribution < 1.29 is 0 Å². The van der Waals surface area contributed by atoms with E-state index in [0.29, 0.717) is 6.04 Å². The summed E-state index contributed by atoms with van der Waals surface area (Å²) in [6.07, 6.45) is 1.69. The molecule has 0 aliphatic carbocycles. The van der Waals surface area contributed by atoms with Crippen molar-refractivity contribution in [2.75, 3.05) is 12.8 Å². The molecule has 2 N–H and O–H groups in total. The molecule has 4 nitrogen and oxygen atoms in total. The molecule has 1 atom stereocenters. The molecule has 0 spiro atoms. The van der Waals surface area contributed by atoms with Crippen LogP contribution in [0.5, 0.6) is 0 Å². The van der Waals surface area contributed by atoms with E-state index < -0.39 is 0 Å². The van der Waals surface area contributed by atoms with E-state index in [-0.39, 0.29) is 5.56 Å². The molecule has 1 aromatic heterocycles. The fourth-order valence-electron chi connectivity index (χ4n) is 1.78. The van der Waals surface area contributed by atoms with Crippen LogP contribution in [0.15, 0.2) is 4.79 Å². The van der Waals surface area contributed by atoms with Crippen LogP contribution < -0.4 is 10.9 Å². The zero-order valence-electron chi connectivity index (χ0n) is 9.67. The third-order valence-electron chi connectivity index (χ3n) is 2.87. The number of hydrogen-bond acceptors (Lipinski definition) is 4. The first-order valence-corrected chi connectivity index (χ1v) is 6.72. The summed E-state index contributed by atoms with van der Waals surface area (Å²) in [5.74, 6) is 2.68. The Bertz CT molecular complexity index is 430. The van der Waals surface area contributed by atoms with E-state index in [0.717, 1.165) is 41.4 Å². The molecule has 0 radical (unpaired) electrons. The van der Waals surface area contributed by atoms with Crippen LogP contribution in [0, 0.1) is 0 Å². The average molecular weight is 239 g/mol. The highest BCUT2D eigenvalue weighted by Gasteiger charge is 2.16. The van der Waals surface area contributed by atoms with Crippen LogP contribution in [0.3, 0.4) is 0 Å². The minimum atomic E-state index is 0.0514. The van der Waals surface area contributed by atoms with Crippen LogP contribution in [0.25, 0.3) is 0 Å². The highest BCUT2D eigenvalue weighted by Crippen LogP contribution is 2.19. The Morgan fingerprint density at radius 2 is 2.44 bits per heavy atom. The summed E-state index contributed by atoms with van der Waals surface area (Å²) in [6.45, 7) is 2.08. The number of fused-ring (bicyclic) bond motifs is 1. The van der Waals surface area contributed by atoms with Crippen LogP contribution in [0.1, 0.15) is 24.0 Å². The topological polar surface area (TPSA) is 57.8 Å². The molecule has 16 heavy (non-hydrogen) atoms. The number of likely N-dealkylation sites (N-methyl/N-ethyl adjacent to an activating group) is 1. The first-order valence-electron chi connectivity index (χ1n) is 5.56. The summed E-state index contributed by atoms with van der Waals surface area (Å²) in [6, 6.07) is 0.333. The van der Waals surface area contributed by atoms with Crippen molar-refractivity contribution in [3.63, 3.8) is 0 Å². The van der Waals surface area contributed by atoms with Gasteiger partial charge in [0.2, 0.25) is 0 Å². The highest BCUT2D eigenvalue weighted by molar-refractivity contribution is 7.98. The monoisotopic (exact) mass is 239 g/mol. The number of nitrogens with one attached hydrogen (secondary N) is 2. The molecule has 1 aliphatic heterocycles. The predicted molar refractivity (Wildman–Crippen MR) is 66.9 cm³/mol. The van der Waals surface area contributed by atoms with Crippen LogP contribution in [-0.4, -0.2) is 28.8 Å². The molecule has 0 saturated carbocycles. The zero-order valence-corrected chi connectivity index (χ0v) is 10.5. The zero-order chi connectivity index (χ0) is 11.5. The van der Waals surface area contributed by atoms with E-state index in [1.54, 1.807) is 11.8 Å². The summed E-state index contributed by atoms with van der Waals surface area (Å²) in [4.78, 5) is 19.3. The lowest BCUT2D eigenvalue weighted by Gasteiger charge is -2.15. The Morgan fingerprint density at radius 3 is 3.19 bits per heavy atom. The first kappa shape index (κ1) is 11.7. The van der Waals surface area contributed by atoms with Crippen LogP contribution in [-0.2, 0) is 18.6 Å². The van der Waals surface area contributed by atoms with E-state index in [1.807, 2.05) is 7.05 Å². The predicted octanol–water partition coefficient (Wildman–Crippen LogP) is 0.710. The number of thioether (sulfide) groups is 1. The summed E-state index contributed by atoms with van der Waals surface area (Å²) >= 11 is 1.80. The van der Waals surface area contributed by atoms with Crippen molar-refractivity contribution in [1.82, 2.24) is 15.3 Å². The summed E-state index contributed by atoms with van der Waals surface area (Å²) < 4.78 is 0. The quantitative estimate of drug-likeness (QED) is 0.815. The van der Waals surface area contributed by atoms with Crippen molar-refractivity contribution in [1.29, 1.82) is 0 Å². The van der Waals surface area contributed by atoms with Gasteiger partial charge in [-0.2, -0.15) is 11.8 Å². The fourth-order valence-corrected chi connectivity index (χ4v) is 2.77. The molecule has 0 fully saturated rings. The minimum absolute atomic E-state index is 0.0514. The van der Waals surface area contributed by atoms with Gasteiger partial charge in [-0.1, -0.05) is 0 Å². The number of nitrogens with zero attached hydrogens (tertiary/aromatic N) is 1. The lowest BCUT2D eigenvalue weighted by molar-refractivity contribution is 0.586. The lowest BCUT2D eigenvalue weighted by Crippen LogP contribution is -2.28. The minimum Gasteiger partial charge on any atom is -0.317 e. The molecule has 88 valence electrons. The van der Waals surface area contributed by atoms with E-state index in [1.165, 1.54) is 0 Å². The molecule has 1 aliphatic rings. The number of H-pyrrole nitrogens is 1. The average Bonchev–Trinajstić information content (AvgIpc) is 2.29. The second-order valence-corrected chi connectivity index (χ2v) is 5.24. The molecule has 2 heterocycles. The Kier molecular flexibility index (Phi) is 3.66. The highest BCUT2D eigenvalue weighted by atomic mass is 32.2. The smallest absolute Gasteiger partial charge is 0.255 e. The molecule has 0 aromatic carbocycles. The van der Waals surface area contributed by atoms with E-state index in [4.69, 9.17) is 0 Å². The van der Waals surface area contributed by atoms with Gasteiger partial charge >= 0.3 is 0 Å². The molecule has 1 unspecified atom stereocenters. The molecule has 2 rings (SSSR count). The maximum atomic E-state index is 11.8. The molecule has 1 aromatic rings. The standard InChI is InChI=1S/C11H17N3OS/c1-7(12-2)5-10-13-9-3-4-16-6-8(9)11(15)14-10/h7,12H,3-6H2,1-2H3,(H,13,14,15). The van der Waals surface area contributed by atoms with Gasteiger partial charge < -0.3 is 10.3 Å². The SMILES string of the molecule is CNC(C)Cc1nc2c(c(=O)[nH]1)CSCC2. The third-order valence-corrected chi connectivity index (χ3v) is 3.86. The number of hydrogen-bond donors (Lipinski definition) is 2. The summed E-state index contributed by atoms with van der Waals surface area (Å²) in [5.41, 5.74) is 1.92. The van der Waals surface area contributed by atoms with Crippen molar-refractivity contribution in [2.45, 2.75) is 31.6 Å². The van der Waals surface area contributed by atoms with Crippen molar-refractivity contribution in [3.05, 3.63) is 27.4 Å². The van der Waals surface area contributed by atoms with Gasteiger partial charge in [-0.15, -0.1) is 0 Å². The number of aromatic amines is 1. The van der Waals surface area contributed by atoms with E-state index in [2.05, 4.69) is 22.2 Å². The van der Waals surface area contributed by atoms with Crippen LogP contribution >= 0.6 is 11.8 Å². The molecular weight excluding hydrogens is 222 g/mol. The van der Waals surface area contributed by atoms with Crippen molar-refractivity contribution in [2.24, 2.45) is 0 Å². The number of aryl methyl sites for hydroxylation is 1. The van der Waals surface area contributed by atoms with Gasteiger partial charge in [-0.3, -0.25) is 4.79 Å². The molecular formula is C11H17N3OS. The Balaban J connectivity index is 2.28. The first-order chi connectivity index (χ1) is 7.70. The van der Waals surface area contributed by atoms with Gasteiger partial charge in [0.25, 0.3) is 5.56 Å². The Labute approximate surface area is 99.3 Å². The van der Waals surface area contributed by atoms with Gasteiger partial charge in [-0.05, 0) is 26.1 Å². The Morgan fingerprint density at radius 1 is 1.62 bits per heavy atom. The summed E-state index contributed by atoms with van der Waals surface area (Å²) in [7, 11) is 1.91. The van der Waals surface area contributed by atoms with E-state index in [9.17, 15) is 4.79 Å². The third kappa shape index (κ3) is 2.47. The summed E-state index contributed by atoms with van der Waals surface area (Å²) in [5, 5.41) is 3.15. The van der Waals surface area contributed by atoms with Gasteiger partial charge in [0.05, 0.1) is 5.69 Å². The second-order valence-electron chi connectivity index (χ2n) is 4.13. The maximum absolute atomic E-state index is 11.8. The molecule has 0 amide bonds. The van der Waals surface area contributed by atoms with Crippen molar-refractivity contribution in [3.8, 4) is 0 Å². The fraction of sp³-hybridized carbons (Fsp3) is 0.636. The maximum Gasteiger partial charge on any atom is 0.255 e. The lowest BCUT2D eigenvalue weighted by atomic mass is 10.1. The number of rotatable bonds is 3. The van der Waals surface area contributed by atoms with Crippen LogP contribution in [0.4, 0.5) is 0 Å². The van der Waals surface area contributed by atoms with Gasteiger partial charge in [0.15, 0.2) is 0 Å². The van der Waals surface area contributed by atoms with Crippen molar-refractivity contribution >= 4 is 11.8 Å². The molecule has 0 saturated heterocycles. The van der Waals surface area contributed by atoms with Gasteiger partial charge in [-0.25, -0.2) is 4.98 Å². The second kappa shape index (κ2) is 5.01. The Hall–Kier alpha value is -0.810. The molecule has 5 heteroatoms. The van der Waals surface area contributed by atoms with Crippen LogP contribution in [0.2, 0.25) is 0 Å². The largest absolute Gasteiger partial charge is 0.317 e. The number of aromatic nitrogens is 2. The van der Waals surface area contributed by atoms with Gasteiger partial charge in [0, 0.05) is 23.8 Å². The van der Waals surface area contributed by atoms with E-state index >= 15 is 0 Å². The normalized spacial score (nSPS) is 16.9. The molecule has 0 bridgehead atoms.